The number of carbonyl (C=O) groups is 2. The molecule has 2 N–H and O–H groups in total. The Morgan fingerprint density at radius 2 is 2.19 bits per heavy atom. The number of likely N-dealkylation sites (tertiary alicyclic amines) is 1. The van der Waals surface area contributed by atoms with Crippen molar-refractivity contribution in [1.29, 1.82) is 0 Å². The van der Waals surface area contributed by atoms with Gasteiger partial charge in [0.15, 0.2) is 0 Å². The predicted molar refractivity (Wildman–Crippen MR) is 76.6 cm³/mol. The second-order valence-electron chi connectivity index (χ2n) is 5.64. The maximum Gasteiger partial charge on any atom is 0.323 e. The molecule has 1 amide bonds. The van der Waals surface area contributed by atoms with Crippen LogP contribution in [0.3, 0.4) is 0 Å². The van der Waals surface area contributed by atoms with Crippen LogP contribution in [0.25, 0.3) is 0 Å². The lowest BCUT2D eigenvalue weighted by Crippen LogP contribution is -2.50. The van der Waals surface area contributed by atoms with Gasteiger partial charge >= 0.3 is 5.97 Å². The number of hydrogen-bond donors (Lipinski definition) is 2. The summed E-state index contributed by atoms with van der Waals surface area (Å²) in [6, 6.07) is 4.55. The minimum absolute atomic E-state index is 0.0594. The summed E-state index contributed by atoms with van der Waals surface area (Å²) in [6.07, 6.45) is 1.24. The number of amides is 1. The van der Waals surface area contributed by atoms with Crippen molar-refractivity contribution in [1.82, 2.24) is 4.90 Å². The molecule has 1 atom stereocenters. The number of nitrogens with one attached hydrogen (secondary N) is 1. The lowest BCUT2D eigenvalue weighted by Gasteiger charge is -2.30. The topological polar surface area (TPSA) is 69.6 Å². The van der Waals surface area contributed by atoms with Crippen molar-refractivity contribution in [3.63, 3.8) is 0 Å². The molecule has 1 heterocycles. The van der Waals surface area contributed by atoms with Gasteiger partial charge in [0.05, 0.1) is 12.2 Å². The van der Waals surface area contributed by atoms with Crippen LogP contribution in [0.2, 0.25) is 0 Å². The zero-order valence-corrected chi connectivity index (χ0v) is 12.1. The molecule has 114 valence electrons. The molecule has 5 nitrogen and oxygen atoms in total. The zero-order chi connectivity index (χ0) is 15.6. The van der Waals surface area contributed by atoms with Gasteiger partial charge in [-0.15, -0.1) is 0 Å². The van der Waals surface area contributed by atoms with Crippen LogP contribution < -0.4 is 5.32 Å². The monoisotopic (exact) mass is 294 g/mol. The summed E-state index contributed by atoms with van der Waals surface area (Å²) < 4.78 is 13.7. The van der Waals surface area contributed by atoms with E-state index in [0.29, 0.717) is 13.0 Å². The van der Waals surface area contributed by atoms with Crippen LogP contribution >= 0.6 is 0 Å². The van der Waals surface area contributed by atoms with E-state index >= 15 is 0 Å². The highest BCUT2D eigenvalue weighted by Gasteiger charge is 2.43. The molecular formula is C15H19FN2O3. The maximum atomic E-state index is 13.7. The average Bonchev–Trinajstić information content (AvgIpc) is 2.76. The number of rotatable bonds is 4. The highest BCUT2D eigenvalue weighted by atomic mass is 19.1. The van der Waals surface area contributed by atoms with Gasteiger partial charge in [-0.05, 0) is 50.9 Å². The Morgan fingerprint density at radius 1 is 1.48 bits per heavy atom. The minimum atomic E-state index is -1.02. The first-order valence-electron chi connectivity index (χ1n) is 6.87. The number of benzene rings is 1. The van der Waals surface area contributed by atoms with Gasteiger partial charge in [-0.25, -0.2) is 4.39 Å². The molecule has 2 rings (SSSR count). The van der Waals surface area contributed by atoms with Crippen molar-refractivity contribution in [2.24, 2.45) is 0 Å². The summed E-state index contributed by atoms with van der Waals surface area (Å²) in [6.45, 7) is 3.86. The standard InChI is InChI=1S/C15H19FN2O3/c1-10-4-5-12(11(16)8-10)17-13(19)9-18-7-3-6-15(18,2)14(20)21/h4-5,8H,3,6-7,9H2,1-2H3,(H,17,19)(H,20,21). The Labute approximate surface area is 122 Å². The molecule has 0 bridgehead atoms. The Hall–Kier alpha value is -1.95. The SMILES string of the molecule is Cc1ccc(NC(=O)CN2CCCC2(C)C(=O)O)c(F)c1. The lowest BCUT2D eigenvalue weighted by atomic mass is 9.99. The summed E-state index contributed by atoms with van der Waals surface area (Å²) in [5, 5.41) is 11.8. The number of nitrogens with zero attached hydrogens (tertiary/aromatic N) is 1. The van der Waals surface area contributed by atoms with Gasteiger partial charge in [-0.3, -0.25) is 14.5 Å². The second kappa shape index (κ2) is 5.81. The number of carbonyl (C=O) groups excluding carboxylic acids is 1. The number of carboxylic acid groups (broad SMARTS) is 1. The first-order chi connectivity index (χ1) is 9.83. The van der Waals surface area contributed by atoms with E-state index in [1.165, 1.54) is 12.1 Å². The van der Waals surface area contributed by atoms with Gasteiger partial charge in [0.25, 0.3) is 0 Å². The Kier molecular flexibility index (Phi) is 4.27. The highest BCUT2D eigenvalue weighted by Crippen LogP contribution is 2.29. The smallest absolute Gasteiger partial charge is 0.323 e. The van der Waals surface area contributed by atoms with Gasteiger partial charge in [0.2, 0.25) is 5.91 Å². The third kappa shape index (κ3) is 3.21. The summed E-state index contributed by atoms with van der Waals surface area (Å²) in [5.74, 6) is -1.84. The third-order valence-electron chi connectivity index (χ3n) is 3.98. The van der Waals surface area contributed by atoms with E-state index in [4.69, 9.17) is 0 Å². The third-order valence-corrected chi connectivity index (χ3v) is 3.98. The molecule has 0 radical (unpaired) electrons. The molecule has 0 saturated carbocycles. The van der Waals surface area contributed by atoms with Crippen LogP contribution in [-0.2, 0) is 9.59 Å². The molecule has 21 heavy (non-hydrogen) atoms. The van der Waals surface area contributed by atoms with E-state index in [-0.39, 0.29) is 12.2 Å². The Balaban J connectivity index is 2.03. The van der Waals surface area contributed by atoms with Crippen molar-refractivity contribution >= 4 is 17.6 Å². The molecule has 6 heteroatoms. The first-order valence-corrected chi connectivity index (χ1v) is 6.87. The van der Waals surface area contributed by atoms with E-state index < -0.39 is 23.2 Å². The van der Waals surface area contributed by atoms with E-state index in [1.807, 2.05) is 0 Å². The fraction of sp³-hybridized carbons (Fsp3) is 0.467. The lowest BCUT2D eigenvalue weighted by molar-refractivity contribution is -0.149. The van der Waals surface area contributed by atoms with Crippen LogP contribution in [0.5, 0.6) is 0 Å². The number of hydrogen-bond acceptors (Lipinski definition) is 3. The molecule has 1 fully saturated rings. The van der Waals surface area contributed by atoms with Gasteiger partial charge in [0.1, 0.15) is 11.4 Å². The number of anilines is 1. The molecule has 0 spiro atoms. The van der Waals surface area contributed by atoms with Gasteiger partial charge in [0, 0.05) is 0 Å². The van der Waals surface area contributed by atoms with E-state index in [2.05, 4.69) is 5.32 Å². The van der Waals surface area contributed by atoms with Crippen LogP contribution in [0.1, 0.15) is 25.3 Å². The van der Waals surface area contributed by atoms with Crippen LogP contribution in [0.4, 0.5) is 10.1 Å². The largest absolute Gasteiger partial charge is 0.480 e. The van der Waals surface area contributed by atoms with Crippen molar-refractivity contribution in [2.75, 3.05) is 18.4 Å². The van der Waals surface area contributed by atoms with Crippen LogP contribution in [0.15, 0.2) is 18.2 Å². The molecule has 1 saturated heterocycles. The minimum Gasteiger partial charge on any atom is -0.480 e. The second-order valence-corrected chi connectivity index (χ2v) is 5.64. The molecule has 1 aliphatic heterocycles. The quantitative estimate of drug-likeness (QED) is 0.891. The molecule has 1 aromatic carbocycles. The molecular weight excluding hydrogens is 275 g/mol. The summed E-state index contributed by atoms with van der Waals surface area (Å²) in [7, 11) is 0. The first kappa shape index (κ1) is 15.4. The zero-order valence-electron chi connectivity index (χ0n) is 12.1. The summed E-state index contributed by atoms with van der Waals surface area (Å²) >= 11 is 0. The number of aliphatic carboxylic acids is 1. The van der Waals surface area contributed by atoms with Crippen LogP contribution in [0, 0.1) is 12.7 Å². The maximum absolute atomic E-state index is 13.7. The van der Waals surface area contributed by atoms with Crippen molar-refractivity contribution < 1.29 is 19.1 Å². The van der Waals surface area contributed by atoms with E-state index in [9.17, 15) is 19.1 Å². The Bertz CT molecular complexity index is 576. The van der Waals surface area contributed by atoms with Crippen LogP contribution in [-0.4, -0.2) is 40.5 Å². The number of carboxylic acids is 1. The van der Waals surface area contributed by atoms with Crippen molar-refractivity contribution in [3.05, 3.63) is 29.6 Å². The fourth-order valence-corrected chi connectivity index (χ4v) is 2.60. The number of aryl methyl sites for hydroxylation is 1. The molecule has 1 aliphatic rings. The molecule has 0 aliphatic carbocycles. The Morgan fingerprint density at radius 3 is 2.81 bits per heavy atom. The fourth-order valence-electron chi connectivity index (χ4n) is 2.60. The number of halogens is 1. The summed E-state index contributed by atoms with van der Waals surface area (Å²) in [5.41, 5.74) is -0.145. The van der Waals surface area contributed by atoms with Gasteiger partial charge in [-0.1, -0.05) is 6.07 Å². The highest BCUT2D eigenvalue weighted by molar-refractivity contribution is 5.93. The van der Waals surface area contributed by atoms with Gasteiger partial charge < -0.3 is 10.4 Å². The molecule has 0 aromatic heterocycles. The molecule has 1 unspecified atom stereocenters. The molecule has 1 aromatic rings. The summed E-state index contributed by atoms with van der Waals surface area (Å²) in [4.78, 5) is 25.0. The normalized spacial score (nSPS) is 22.2. The van der Waals surface area contributed by atoms with Crippen molar-refractivity contribution in [2.45, 2.75) is 32.2 Å². The van der Waals surface area contributed by atoms with E-state index in [1.54, 1.807) is 24.8 Å². The van der Waals surface area contributed by atoms with Gasteiger partial charge in [-0.2, -0.15) is 0 Å². The van der Waals surface area contributed by atoms with Crippen molar-refractivity contribution in [3.8, 4) is 0 Å². The average molecular weight is 294 g/mol. The predicted octanol–water partition coefficient (Wildman–Crippen LogP) is 2.01. The van der Waals surface area contributed by atoms with E-state index in [0.717, 1.165) is 12.0 Å².